The predicted molar refractivity (Wildman–Crippen MR) is 86.9 cm³/mol. The molecule has 5 heteroatoms. The van der Waals surface area contributed by atoms with Crippen molar-refractivity contribution in [3.05, 3.63) is 35.9 Å². The predicted octanol–water partition coefficient (Wildman–Crippen LogP) is 3.39. The largest absolute Gasteiger partial charge is 0.481 e. The summed E-state index contributed by atoms with van der Waals surface area (Å²) in [5.41, 5.74) is 6.93. The smallest absolute Gasteiger partial charge is 0.212 e. The molecule has 0 saturated carbocycles. The number of methoxy groups -OCH3 is 1. The van der Waals surface area contributed by atoms with Crippen LogP contribution in [0, 0.1) is 5.92 Å². The van der Waals surface area contributed by atoms with E-state index in [1.807, 2.05) is 29.5 Å². The Morgan fingerprint density at radius 2 is 2.09 bits per heavy atom. The van der Waals surface area contributed by atoms with Crippen molar-refractivity contribution in [2.75, 3.05) is 7.11 Å². The number of rotatable bonds is 7. The van der Waals surface area contributed by atoms with Crippen molar-refractivity contribution in [1.29, 1.82) is 0 Å². The van der Waals surface area contributed by atoms with E-state index in [1.165, 1.54) is 12.8 Å². The molecule has 1 aromatic rings. The van der Waals surface area contributed by atoms with E-state index in [4.69, 9.17) is 15.3 Å². The number of hydrogen-bond acceptors (Lipinski definition) is 5. The molecule has 0 fully saturated rings. The molecule has 0 spiro atoms. The molecule has 2 atom stereocenters. The van der Waals surface area contributed by atoms with Crippen molar-refractivity contribution in [1.82, 2.24) is 10.0 Å². The lowest BCUT2D eigenvalue weighted by Gasteiger charge is -2.29. The van der Waals surface area contributed by atoms with Crippen molar-refractivity contribution in [3.63, 3.8) is 0 Å². The van der Waals surface area contributed by atoms with E-state index in [0.29, 0.717) is 17.8 Å². The molecular formula is C17H27N3O2. The van der Waals surface area contributed by atoms with Crippen molar-refractivity contribution in [2.45, 2.75) is 52.1 Å². The summed E-state index contributed by atoms with van der Waals surface area (Å²) < 4.78 is 5.11. The number of hydrogen-bond donors (Lipinski definition) is 1. The second-order valence-electron chi connectivity index (χ2n) is 6.27. The third-order valence-corrected chi connectivity index (χ3v) is 3.95. The van der Waals surface area contributed by atoms with Gasteiger partial charge in [0.2, 0.25) is 11.8 Å². The Labute approximate surface area is 133 Å². The minimum absolute atomic E-state index is 0.00690. The first-order chi connectivity index (χ1) is 10.5. The monoisotopic (exact) mass is 305 g/mol. The number of ether oxygens (including phenoxy) is 1. The molecule has 2 N–H and O–H groups in total. The van der Waals surface area contributed by atoms with Crippen LogP contribution in [0.3, 0.4) is 0 Å². The summed E-state index contributed by atoms with van der Waals surface area (Å²) in [6, 6.07) is 4.16. The maximum Gasteiger partial charge on any atom is 0.212 e. The Hall–Kier alpha value is -1.75. The first-order valence-electron chi connectivity index (χ1n) is 7.94. The van der Waals surface area contributed by atoms with Gasteiger partial charge in [-0.1, -0.05) is 32.8 Å². The first kappa shape index (κ1) is 16.6. The van der Waals surface area contributed by atoms with E-state index >= 15 is 0 Å². The highest BCUT2D eigenvalue weighted by atomic mass is 16.7. The van der Waals surface area contributed by atoms with Crippen LogP contribution in [0.15, 0.2) is 30.3 Å². The number of nitrogens with two attached hydrogens (primary N) is 1. The zero-order chi connectivity index (χ0) is 16.1. The number of hydroxylamine groups is 2. The molecule has 2 heterocycles. The second kappa shape index (κ2) is 7.49. The van der Waals surface area contributed by atoms with E-state index in [9.17, 15) is 0 Å². The summed E-state index contributed by atoms with van der Waals surface area (Å²) in [6.45, 7) is 6.68. The van der Waals surface area contributed by atoms with E-state index < -0.39 is 0 Å². The average molecular weight is 305 g/mol. The Morgan fingerprint density at radius 3 is 2.68 bits per heavy atom. The molecular weight excluding hydrogens is 278 g/mol. The fourth-order valence-corrected chi connectivity index (χ4v) is 2.68. The summed E-state index contributed by atoms with van der Waals surface area (Å²) in [5.74, 6) is 1.80. The van der Waals surface area contributed by atoms with Gasteiger partial charge in [-0.3, -0.25) is 0 Å². The van der Waals surface area contributed by atoms with E-state index in [1.54, 1.807) is 7.11 Å². The quantitative estimate of drug-likeness (QED) is 0.836. The molecule has 22 heavy (non-hydrogen) atoms. The molecule has 122 valence electrons. The number of pyridine rings is 1. The molecule has 2 unspecified atom stereocenters. The van der Waals surface area contributed by atoms with Crippen LogP contribution in [0.1, 0.15) is 51.6 Å². The Morgan fingerprint density at radius 1 is 1.32 bits per heavy atom. The molecule has 1 aliphatic rings. The third-order valence-electron chi connectivity index (χ3n) is 3.95. The Bertz CT molecular complexity index is 499. The van der Waals surface area contributed by atoms with Gasteiger partial charge in [-0.15, -0.1) is 5.06 Å². The minimum atomic E-state index is 0.00690. The van der Waals surface area contributed by atoms with E-state index in [0.717, 1.165) is 17.9 Å². The van der Waals surface area contributed by atoms with Gasteiger partial charge >= 0.3 is 0 Å². The molecule has 0 aliphatic carbocycles. The van der Waals surface area contributed by atoms with Crippen LogP contribution < -0.4 is 10.5 Å². The van der Waals surface area contributed by atoms with Gasteiger partial charge in [0.15, 0.2) is 0 Å². The highest BCUT2D eigenvalue weighted by Gasteiger charge is 2.31. The molecule has 0 saturated heterocycles. The zero-order valence-corrected chi connectivity index (χ0v) is 14.0. The second-order valence-corrected chi connectivity index (χ2v) is 6.27. The van der Waals surface area contributed by atoms with Crippen molar-refractivity contribution in [3.8, 4) is 5.88 Å². The summed E-state index contributed by atoms with van der Waals surface area (Å²) in [4.78, 5) is 9.99. The van der Waals surface area contributed by atoms with Crippen LogP contribution in [0.5, 0.6) is 5.88 Å². The van der Waals surface area contributed by atoms with Crippen molar-refractivity contribution in [2.24, 2.45) is 11.7 Å². The fraction of sp³-hybridized carbons (Fsp3) is 0.588. The summed E-state index contributed by atoms with van der Waals surface area (Å²) in [6.07, 6.45) is 7.25. The van der Waals surface area contributed by atoms with Gasteiger partial charge in [-0.05, 0) is 24.8 Å². The topological polar surface area (TPSA) is 60.6 Å². The summed E-state index contributed by atoms with van der Waals surface area (Å²) >= 11 is 0. The first-order valence-corrected chi connectivity index (χ1v) is 7.94. The van der Waals surface area contributed by atoms with Gasteiger partial charge in [0.25, 0.3) is 0 Å². The highest BCUT2D eigenvalue weighted by molar-refractivity contribution is 5.25. The number of aromatic nitrogens is 1. The Kier molecular flexibility index (Phi) is 5.66. The van der Waals surface area contributed by atoms with Gasteiger partial charge in [0.1, 0.15) is 0 Å². The van der Waals surface area contributed by atoms with Gasteiger partial charge < -0.3 is 15.3 Å². The number of nitrogens with zero attached hydrogens (tertiary/aromatic N) is 2. The maximum atomic E-state index is 5.88. The van der Waals surface area contributed by atoms with Crippen LogP contribution in [0.25, 0.3) is 0 Å². The van der Waals surface area contributed by atoms with Crippen LogP contribution in [0.4, 0.5) is 0 Å². The molecule has 0 bridgehead atoms. The van der Waals surface area contributed by atoms with E-state index in [-0.39, 0.29) is 6.04 Å². The van der Waals surface area contributed by atoms with Crippen LogP contribution in [0.2, 0.25) is 0 Å². The molecule has 0 radical (unpaired) electrons. The van der Waals surface area contributed by atoms with Gasteiger partial charge in [-0.2, -0.15) is 0 Å². The SMILES string of the molecule is COc1ccc(C2C=C(N)ON2C(C)CCCC(C)C)cn1. The molecule has 1 aromatic heterocycles. The van der Waals surface area contributed by atoms with Crippen LogP contribution in [-0.2, 0) is 4.84 Å². The fourth-order valence-electron chi connectivity index (χ4n) is 2.68. The average Bonchev–Trinajstić information content (AvgIpc) is 2.89. The normalized spacial score (nSPS) is 19.9. The lowest BCUT2D eigenvalue weighted by atomic mass is 10.0. The molecule has 5 nitrogen and oxygen atoms in total. The van der Waals surface area contributed by atoms with Crippen LogP contribution in [-0.4, -0.2) is 23.2 Å². The van der Waals surface area contributed by atoms with Gasteiger partial charge in [0, 0.05) is 24.4 Å². The molecule has 1 aliphatic heterocycles. The van der Waals surface area contributed by atoms with Crippen molar-refractivity contribution < 1.29 is 9.57 Å². The zero-order valence-electron chi connectivity index (χ0n) is 14.0. The van der Waals surface area contributed by atoms with E-state index in [2.05, 4.69) is 25.8 Å². The standard InChI is InChI=1S/C17H27N3O2/c1-12(2)6-5-7-13(3)20-15(10-16(18)22-20)14-8-9-17(21-4)19-11-14/h8-13,15H,5-7,18H2,1-4H3. The van der Waals surface area contributed by atoms with Gasteiger partial charge in [-0.25, -0.2) is 4.98 Å². The van der Waals surface area contributed by atoms with Gasteiger partial charge in [0.05, 0.1) is 13.2 Å². The third kappa shape index (κ3) is 4.13. The molecule has 2 rings (SSSR count). The lowest BCUT2D eigenvalue weighted by Crippen LogP contribution is -2.32. The summed E-state index contributed by atoms with van der Waals surface area (Å²) in [5, 5.41) is 1.97. The molecule has 0 amide bonds. The summed E-state index contributed by atoms with van der Waals surface area (Å²) in [7, 11) is 1.61. The Balaban J connectivity index is 2.03. The van der Waals surface area contributed by atoms with Crippen molar-refractivity contribution >= 4 is 0 Å². The minimum Gasteiger partial charge on any atom is -0.481 e. The maximum absolute atomic E-state index is 5.88. The highest BCUT2D eigenvalue weighted by Crippen LogP contribution is 2.33. The van der Waals surface area contributed by atoms with Crippen LogP contribution >= 0.6 is 0 Å². The molecule has 0 aromatic carbocycles. The lowest BCUT2D eigenvalue weighted by molar-refractivity contribution is -0.149.